The van der Waals surface area contributed by atoms with Crippen LogP contribution in [-0.2, 0) is 0 Å². The summed E-state index contributed by atoms with van der Waals surface area (Å²) in [6, 6.07) is 17.7. The highest BCUT2D eigenvalue weighted by molar-refractivity contribution is 6.09. The quantitative estimate of drug-likeness (QED) is 0.749. The third-order valence-corrected chi connectivity index (χ3v) is 6.45. The van der Waals surface area contributed by atoms with Gasteiger partial charge in [0, 0.05) is 29.1 Å². The van der Waals surface area contributed by atoms with E-state index in [1.165, 1.54) is 17.5 Å². The Morgan fingerprint density at radius 2 is 1.62 bits per heavy atom. The maximum atomic E-state index is 13.1. The predicted molar refractivity (Wildman–Crippen MR) is 111 cm³/mol. The highest BCUT2D eigenvalue weighted by Gasteiger charge is 2.39. The molecule has 29 heavy (non-hydrogen) atoms. The summed E-state index contributed by atoms with van der Waals surface area (Å²) in [5.74, 6) is -0.437. The molecular weight excluding hydrogens is 364 g/mol. The molecule has 1 N–H and O–H groups in total. The molecule has 2 saturated heterocycles. The molecule has 5 rings (SSSR count). The van der Waals surface area contributed by atoms with Crippen LogP contribution in [0.3, 0.4) is 0 Å². The number of fused-ring (bicyclic) bond motifs is 3. The number of aromatic nitrogens is 2. The van der Waals surface area contributed by atoms with Crippen molar-refractivity contribution in [3.63, 3.8) is 0 Å². The van der Waals surface area contributed by atoms with Crippen LogP contribution in [-0.4, -0.2) is 51.7 Å². The lowest BCUT2D eigenvalue weighted by Crippen LogP contribution is -2.48. The summed E-state index contributed by atoms with van der Waals surface area (Å²) in [5.41, 5.74) is 1.51. The minimum Gasteiger partial charge on any atom is -0.348 e. The van der Waals surface area contributed by atoms with E-state index >= 15 is 0 Å². The van der Waals surface area contributed by atoms with Crippen LogP contribution in [0, 0.1) is 0 Å². The molecule has 2 bridgehead atoms. The van der Waals surface area contributed by atoms with Gasteiger partial charge in [0.05, 0.1) is 5.52 Å². The summed E-state index contributed by atoms with van der Waals surface area (Å²) in [5, 5.41) is 8.33. The molecule has 2 unspecified atom stereocenters. The Balaban J connectivity index is 1.45. The zero-order valence-corrected chi connectivity index (χ0v) is 16.4. The SMILES string of the molecule is CN1C2CCC1CC(NC(=O)c1nn(C(=O)c3ccccc3)c3ccccc13)C2. The van der Waals surface area contributed by atoms with E-state index in [0.717, 1.165) is 12.8 Å². The maximum absolute atomic E-state index is 13.1. The molecule has 0 spiro atoms. The van der Waals surface area contributed by atoms with Crippen LogP contribution in [0.15, 0.2) is 54.6 Å². The minimum atomic E-state index is -0.238. The van der Waals surface area contributed by atoms with Crippen molar-refractivity contribution in [2.24, 2.45) is 0 Å². The lowest BCUT2D eigenvalue weighted by atomic mass is 9.98. The number of rotatable bonds is 3. The van der Waals surface area contributed by atoms with Crippen molar-refractivity contribution in [2.75, 3.05) is 7.05 Å². The Morgan fingerprint density at radius 1 is 0.966 bits per heavy atom. The Labute approximate surface area is 169 Å². The van der Waals surface area contributed by atoms with Crippen molar-refractivity contribution in [1.82, 2.24) is 20.0 Å². The van der Waals surface area contributed by atoms with Crippen molar-refractivity contribution < 1.29 is 9.59 Å². The first kappa shape index (κ1) is 18.1. The summed E-state index contributed by atoms with van der Waals surface area (Å²) in [7, 11) is 2.19. The van der Waals surface area contributed by atoms with Gasteiger partial charge >= 0.3 is 0 Å². The van der Waals surface area contributed by atoms with Gasteiger partial charge in [0.2, 0.25) is 0 Å². The summed E-state index contributed by atoms with van der Waals surface area (Å²) >= 11 is 0. The first-order valence-corrected chi connectivity index (χ1v) is 10.2. The largest absolute Gasteiger partial charge is 0.348 e. The maximum Gasteiger partial charge on any atom is 0.278 e. The molecular formula is C23H24N4O2. The van der Waals surface area contributed by atoms with Crippen molar-refractivity contribution >= 4 is 22.7 Å². The van der Waals surface area contributed by atoms with E-state index in [0.29, 0.717) is 34.2 Å². The second-order valence-electron chi connectivity index (χ2n) is 8.14. The van der Waals surface area contributed by atoms with E-state index in [1.54, 1.807) is 12.1 Å². The Kier molecular flexibility index (Phi) is 4.43. The van der Waals surface area contributed by atoms with Crippen LogP contribution < -0.4 is 5.32 Å². The van der Waals surface area contributed by atoms with E-state index in [4.69, 9.17) is 0 Å². The van der Waals surface area contributed by atoms with Gasteiger partial charge in [-0.15, -0.1) is 0 Å². The van der Waals surface area contributed by atoms with Gasteiger partial charge in [-0.3, -0.25) is 9.59 Å². The van der Waals surface area contributed by atoms with Gasteiger partial charge in [-0.05, 0) is 50.9 Å². The van der Waals surface area contributed by atoms with Crippen LogP contribution in [0.4, 0.5) is 0 Å². The number of carbonyl (C=O) groups is 2. The number of hydrogen-bond acceptors (Lipinski definition) is 4. The van der Waals surface area contributed by atoms with Crippen molar-refractivity contribution in [3.05, 3.63) is 65.9 Å². The van der Waals surface area contributed by atoms with Crippen LogP contribution in [0.2, 0.25) is 0 Å². The number of benzene rings is 2. The average molecular weight is 388 g/mol. The third kappa shape index (κ3) is 3.13. The summed E-state index contributed by atoms with van der Waals surface area (Å²) < 4.78 is 1.35. The fourth-order valence-corrected chi connectivity index (χ4v) is 4.87. The minimum absolute atomic E-state index is 0.157. The second-order valence-corrected chi connectivity index (χ2v) is 8.14. The first-order chi connectivity index (χ1) is 14.1. The van der Waals surface area contributed by atoms with Gasteiger partial charge in [0.15, 0.2) is 5.69 Å². The zero-order valence-electron chi connectivity index (χ0n) is 16.4. The highest BCUT2D eigenvalue weighted by atomic mass is 16.2. The highest BCUT2D eigenvalue weighted by Crippen LogP contribution is 2.34. The van der Waals surface area contributed by atoms with Gasteiger partial charge in [-0.25, -0.2) is 0 Å². The molecule has 1 amide bonds. The van der Waals surface area contributed by atoms with Crippen molar-refractivity contribution in [2.45, 2.75) is 43.8 Å². The van der Waals surface area contributed by atoms with Gasteiger partial charge in [0.25, 0.3) is 11.8 Å². The van der Waals surface area contributed by atoms with E-state index in [9.17, 15) is 9.59 Å². The fraction of sp³-hybridized carbons (Fsp3) is 0.348. The molecule has 2 atom stereocenters. The topological polar surface area (TPSA) is 67.2 Å². The molecule has 3 aromatic rings. The summed E-state index contributed by atoms with van der Waals surface area (Å²) in [4.78, 5) is 28.5. The number of nitrogens with one attached hydrogen (secondary N) is 1. The number of hydrogen-bond donors (Lipinski definition) is 1. The van der Waals surface area contributed by atoms with E-state index in [1.807, 2.05) is 42.5 Å². The Hall–Kier alpha value is -2.99. The number of para-hydroxylation sites is 1. The number of nitrogens with zero attached hydrogens (tertiary/aromatic N) is 3. The van der Waals surface area contributed by atoms with Crippen LogP contribution >= 0.6 is 0 Å². The van der Waals surface area contributed by atoms with Crippen molar-refractivity contribution in [3.8, 4) is 0 Å². The van der Waals surface area contributed by atoms with Crippen LogP contribution in [0.1, 0.15) is 46.5 Å². The predicted octanol–water partition coefficient (Wildman–Crippen LogP) is 3.08. The molecule has 6 nitrogen and oxygen atoms in total. The number of carbonyl (C=O) groups excluding carboxylic acids is 2. The normalized spacial score (nSPS) is 24.0. The van der Waals surface area contributed by atoms with Crippen LogP contribution in [0.25, 0.3) is 10.9 Å². The van der Waals surface area contributed by atoms with Crippen LogP contribution in [0.5, 0.6) is 0 Å². The molecule has 148 valence electrons. The molecule has 1 aromatic heterocycles. The molecule has 3 heterocycles. The molecule has 0 radical (unpaired) electrons. The van der Waals surface area contributed by atoms with E-state index in [-0.39, 0.29) is 17.9 Å². The standard InChI is InChI=1S/C23H24N4O2/c1-26-17-11-12-18(26)14-16(13-17)24-22(28)21-19-9-5-6-10-20(19)27(25-21)23(29)15-7-3-2-4-8-15/h2-10,16-18H,11-14H2,1H3,(H,24,28). The molecule has 0 aliphatic carbocycles. The molecule has 2 aliphatic heterocycles. The summed E-state index contributed by atoms with van der Waals surface area (Å²) in [6.07, 6.45) is 4.36. The average Bonchev–Trinajstić information content (AvgIpc) is 3.21. The lowest BCUT2D eigenvalue weighted by molar-refractivity contribution is 0.0877. The van der Waals surface area contributed by atoms with Gasteiger partial charge in [0.1, 0.15) is 0 Å². The molecule has 2 fully saturated rings. The third-order valence-electron chi connectivity index (χ3n) is 6.45. The second kappa shape index (κ2) is 7.12. The molecule has 2 aromatic carbocycles. The van der Waals surface area contributed by atoms with Gasteiger partial charge < -0.3 is 10.2 Å². The molecule has 2 aliphatic rings. The van der Waals surface area contributed by atoms with Crippen molar-refractivity contribution in [1.29, 1.82) is 0 Å². The smallest absolute Gasteiger partial charge is 0.278 e. The van der Waals surface area contributed by atoms with Gasteiger partial charge in [-0.2, -0.15) is 9.78 Å². The van der Waals surface area contributed by atoms with E-state index < -0.39 is 0 Å². The molecule has 6 heteroatoms. The Morgan fingerprint density at radius 3 is 2.34 bits per heavy atom. The Bertz CT molecular complexity index is 1060. The first-order valence-electron chi connectivity index (χ1n) is 10.2. The zero-order chi connectivity index (χ0) is 20.0. The number of amides is 1. The van der Waals surface area contributed by atoms with Gasteiger partial charge in [-0.1, -0.05) is 36.4 Å². The monoisotopic (exact) mass is 388 g/mol. The lowest BCUT2D eigenvalue weighted by Gasteiger charge is -2.36. The number of piperidine rings is 1. The fourth-order valence-electron chi connectivity index (χ4n) is 4.87. The summed E-state index contributed by atoms with van der Waals surface area (Å²) in [6.45, 7) is 0. The molecule has 0 saturated carbocycles. The van der Waals surface area contributed by atoms with E-state index in [2.05, 4.69) is 22.4 Å².